The third kappa shape index (κ3) is 4.19. The first-order valence-electron chi connectivity index (χ1n) is 10.5. The van der Waals surface area contributed by atoms with Gasteiger partial charge in [0.05, 0.1) is 32.6 Å². The van der Waals surface area contributed by atoms with Crippen LogP contribution in [-0.4, -0.2) is 41.2 Å². The molecule has 3 aromatic rings. The number of hydrogen-bond donors (Lipinski definition) is 1. The van der Waals surface area contributed by atoms with E-state index in [0.29, 0.717) is 23.7 Å². The lowest BCUT2D eigenvalue weighted by molar-refractivity contribution is -0.141. The molecule has 0 radical (unpaired) electrons. The number of ketones is 2. The van der Waals surface area contributed by atoms with Crippen molar-refractivity contribution in [1.82, 2.24) is 4.90 Å². The number of hydrogen-bond acceptors (Lipinski definition) is 7. The molecule has 2 aromatic carbocycles. The molecule has 1 N–H and O–H groups in total. The molecule has 33 heavy (non-hydrogen) atoms. The monoisotopic (exact) mass is 449 g/mol. The van der Waals surface area contributed by atoms with Crippen LogP contribution in [0.2, 0.25) is 0 Å². The summed E-state index contributed by atoms with van der Waals surface area (Å²) in [5, 5.41) is 10.1. The van der Waals surface area contributed by atoms with Crippen molar-refractivity contribution in [2.24, 2.45) is 5.92 Å². The van der Waals surface area contributed by atoms with Gasteiger partial charge in [0.15, 0.2) is 17.3 Å². The van der Waals surface area contributed by atoms with Gasteiger partial charge >= 0.3 is 0 Å². The van der Waals surface area contributed by atoms with E-state index in [9.17, 15) is 19.5 Å². The van der Waals surface area contributed by atoms with Gasteiger partial charge < -0.3 is 23.9 Å². The molecule has 0 saturated carbocycles. The molecule has 8 nitrogen and oxygen atoms in total. The summed E-state index contributed by atoms with van der Waals surface area (Å²) in [4.78, 5) is 40.9. The zero-order valence-electron chi connectivity index (χ0n) is 18.2. The lowest BCUT2D eigenvalue weighted by atomic mass is 9.86. The van der Waals surface area contributed by atoms with Gasteiger partial charge in [-0.2, -0.15) is 0 Å². The van der Waals surface area contributed by atoms with Crippen LogP contribution in [-0.2, 0) is 16.1 Å². The number of benzene rings is 2. The third-order valence-corrected chi connectivity index (χ3v) is 5.59. The summed E-state index contributed by atoms with van der Waals surface area (Å²) in [6, 6.07) is 13.4. The number of rotatable bonds is 8. The van der Waals surface area contributed by atoms with E-state index in [1.54, 1.807) is 55.5 Å². The van der Waals surface area contributed by atoms with Crippen molar-refractivity contribution in [3.63, 3.8) is 0 Å². The number of aromatic hydroxyl groups is 1. The van der Waals surface area contributed by atoms with Crippen molar-refractivity contribution < 1.29 is 33.4 Å². The first-order chi connectivity index (χ1) is 15.9. The van der Waals surface area contributed by atoms with Crippen LogP contribution < -0.4 is 9.47 Å². The molecule has 0 spiro atoms. The van der Waals surface area contributed by atoms with Crippen LogP contribution >= 0.6 is 0 Å². The highest BCUT2D eigenvalue weighted by Crippen LogP contribution is 2.41. The zero-order chi connectivity index (χ0) is 23.5. The number of methoxy groups -OCH3 is 1. The molecular formula is C25H23NO7. The molecule has 1 aromatic heterocycles. The Hall–Kier alpha value is -4.07. The van der Waals surface area contributed by atoms with Gasteiger partial charge in [-0.3, -0.25) is 14.4 Å². The summed E-state index contributed by atoms with van der Waals surface area (Å²) >= 11 is 0. The van der Waals surface area contributed by atoms with Gasteiger partial charge in [-0.1, -0.05) is 6.07 Å². The molecule has 170 valence electrons. The Morgan fingerprint density at radius 2 is 1.88 bits per heavy atom. The van der Waals surface area contributed by atoms with E-state index < -0.39 is 29.4 Å². The first kappa shape index (κ1) is 22.1. The molecule has 1 saturated heterocycles. The maximum Gasteiger partial charge on any atom is 0.291 e. The number of ether oxygens (including phenoxy) is 2. The van der Waals surface area contributed by atoms with E-state index in [4.69, 9.17) is 13.9 Å². The molecular weight excluding hydrogens is 426 g/mol. The first-order valence-corrected chi connectivity index (χ1v) is 10.5. The maximum absolute atomic E-state index is 13.5. The fourth-order valence-corrected chi connectivity index (χ4v) is 4.02. The molecule has 2 unspecified atom stereocenters. The molecule has 1 aliphatic heterocycles. The summed E-state index contributed by atoms with van der Waals surface area (Å²) in [6.45, 7) is 2.09. The minimum atomic E-state index is -1.26. The Labute approximate surface area is 190 Å². The van der Waals surface area contributed by atoms with E-state index >= 15 is 0 Å². The predicted molar refractivity (Wildman–Crippen MR) is 117 cm³/mol. The summed E-state index contributed by atoms with van der Waals surface area (Å²) in [6.07, 6.45) is 1.47. The standard InChI is InChI=1S/C25H23NO7/c1-3-32-20-13-16(8-11-19(20)27)22-21(23(28)15-6-9-17(31-2)10-7-15)24(29)25(30)26(22)14-18-5-4-12-33-18/h4-13,21-22,27H,3,14H2,1-2H3. The second-order valence-corrected chi connectivity index (χ2v) is 7.55. The number of amides is 1. The second-order valence-electron chi connectivity index (χ2n) is 7.55. The van der Waals surface area contributed by atoms with Crippen LogP contribution in [0.25, 0.3) is 0 Å². The van der Waals surface area contributed by atoms with Crippen molar-refractivity contribution in [1.29, 1.82) is 0 Å². The van der Waals surface area contributed by atoms with Crippen molar-refractivity contribution in [2.45, 2.75) is 19.5 Å². The van der Waals surface area contributed by atoms with E-state index in [1.165, 1.54) is 24.3 Å². The average molecular weight is 449 g/mol. The molecule has 1 fully saturated rings. The van der Waals surface area contributed by atoms with Gasteiger partial charge in [0.25, 0.3) is 5.91 Å². The highest BCUT2D eigenvalue weighted by Gasteiger charge is 2.52. The van der Waals surface area contributed by atoms with Gasteiger partial charge in [0.2, 0.25) is 5.78 Å². The minimum Gasteiger partial charge on any atom is -0.504 e. The van der Waals surface area contributed by atoms with Crippen LogP contribution in [0.15, 0.2) is 65.3 Å². The fourth-order valence-electron chi connectivity index (χ4n) is 4.02. The van der Waals surface area contributed by atoms with E-state index in [1.807, 2.05) is 0 Å². The van der Waals surface area contributed by atoms with Crippen LogP contribution in [0.3, 0.4) is 0 Å². The predicted octanol–water partition coefficient (Wildman–Crippen LogP) is 3.54. The number of Topliss-reactive ketones (excluding diaryl/α,β-unsaturated/α-hetero) is 2. The summed E-state index contributed by atoms with van der Waals surface area (Å²) < 4.78 is 16.0. The zero-order valence-corrected chi connectivity index (χ0v) is 18.2. The van der Waals surface area contributed by atoms with Gasteiger partial charge in [0.1, 0.15) is 17.4 Å². The van der Waals surface area contributed by atoms with Crippen molar-refractivity contribution in [3.05, 3.63) is 77.7 Å². The molecule has 1 amide bonds. The molecule has 2 atom stereocenters. The number of phenolic OH excluding ortho intramolecular Hbond substituents is 1. The quantitative estimate of drug-likeness (QED) is 0.318. The lowest BCUT2D eigenvalue weighted by Crippen LogP contribution is -2.30. The van der Waals surface area contributed by atoms with Crippen LogP contribution in [0.4, 0.5) is 0 Å². The van der Waals surface area contributed by atoms with Gasteiger partial charge in [-0.05, 0) is 61.0 Å². The summed E-state index contributed by atoms with van der Waals surface area (Å²) in [5.74, 6) is -2.14. The van der Waals surface area contributed by atoms with Crippen molar-refractivity contribution in [3.8, 4) is 17.2 Å². The number of nitrogens with zero attached hydrogens (tertiary/aromatic N) is 1. The Morgan fingerprint density at radius 3 is 2.52 bits per heavy atom. The minimum absolute atomic E-state index is 0.0134. The normalized spacial score (nSPS) is 17.9. The topological polar surface area (TPSA) is 106 Å². The number of furan rings is 1. The molecule has 0 bridgehead atoms. The molecule has 8 heteroatoms. The summed E-state index contributed by atoms with van der Waals surface area (Å²) in [5.41, 5.74) is 0.782. The molecule has 0 aliphatic carbocycles. The largest absolute Gasteiger partial charge is 0.504 e. The second kappa shape index (κ2) is 9.20. The Morgan fingerprint density at radius 1 is 1.12 bits per heavy atom. The van der Waals surface area contributed by atoms with Gasteiger partial charge in [-0.25, -0.2) is 0 Å². The maximum atomic E-state index is 13.5. The number of carbonyl (C=O) groups excluding carboxylic acids is 3. The highest BCUT2D eigenvalue weighted by atomic mass is 16.5. The third-order valence-electron chi connectivity index (χ3n) is 5.59. The number of phenols is 1. The van der Waals surface area contributed by atoms with E-state index in [0.717, 1.165) is 0 Å². The van der Waals surface area contributed by atoms with Crippen molar-refractivity contribution >= 4 is 17.5 Å². The van der Waals surface area contributed by atoms with Gasteiger partial charge in [-0.15, -0.1) is 0 Å². The number of likely N-dealkylation sites (tertiary alicyclic amines) is 1. The van der Waals surface area contributed by atoms with Crippen molar-refractivity contribution in [2.75, 3.05) is 13.7 Å². The lowest BCUT2D eigenvalue weighted by Gasteiger charge is -2.27. The van der Waals surface area contributed by atoms with Crippen LogP contribution in [0.1, 0.15) is 34.6 Å². The highest BCUT2D eigenvalue weighted by molar-refractivity contribution is 6.44. The van der Waals surface area contributed by atoms with Gasteiger partial charge in [0, 0.05) is 5.56 Å². The van der Waals surface area contributed by atoms with E-state index in [-0.39, 0.29) is 23.6 Å². The number of carbonyl (C=O) groups is 3. The van der Waals surface area contributed by atoms with Crippen LogP contribution in [0.5, 0.6) is 17.2 Å². The summed E-state index contributed by atoms with van der Waals surface area (Å²) in [7, 11) is 1.51. The Bertz CT molecular complexity index is 1170. The average Bonchev–Trinajstić information content (AvgIpc) is 3.43. The SMILES string of the molecule is CCOc1cc(C2C(C(=O)c3ccc(OC)cc3)C(=O)C(=O)N2Cc2ccco2)ccc1O. The Balaban J connectivity index is 1.79. The fraction of sp³-hybridized carbons (Fsp3) is 0.240. The molecule has 1 aliphatic rings. The smallest absolute Gasteiger partial charge is 0.291 e. The van der Waals surface area contributed by atoms with E-state index in [2.05, 4.69) is 0 Å². The molecule has 4 rings (SSSR count). The van der Waals surface area contributed by atoms with Crippen LogP contribution in [0, 0.1) is 5.92 Å². The molecule has 2 heterocycles. The Kier molecular flexibility index (Phi) is 6.17.